The van der Waals surface area contributed by atoms with Gasteiger partial charge in [-0.1, -0.05) is 12.1 Å². The van der Waals surface area contributed by atoms with Crippen LogP contribution in [-0.2, 0) is 0 Å². The number of amides is 1. The fourth-order valence-electron chi connectivity index (χ4n) is 2.69. The molecule has 2 aromatic heterocycles. The standard InChI is InChI=1S/C19H14N4O2/c20-19(25)14-3-1-12(2-4-14)16-11-23-17(9-22-18(23)10-21-16)13-5-7-15(24)8-6-13/h1-11,24H,(H2,20,25). The average Bonchev–Trinajstić information content (AvgIpc) is 3.05. The summed E-state index contributed by atoms with van der Waals surface area (Å²) in [6.07, 6.45) is 5.36. The zero-order chi connectivity index (χ0) is 17.4. The number of phenolic OH excluding ortho intramolecular Hbond substituents is 1. The van der Waals surface area contributed by atoms with Crippen LogP contribution in [0.1, 0.15) is 10.4 Å². The Bertz CT molecular complexity index is 1070. The first kappa shape index (κ1) is 14.9. The summed E-state index contributed by atoms with van der Waals surface area (Å²) in [5, 5.41) is 9.46. The number of aromatic hydroxyl groups is 1. The molecular formula is C19H14N4O2. The fraction of sp³-hybridized carbons (Fsp3) is 0. The lowest BCUT2D eigenvalue weighted by molar-refractivity contribution is 0.100. The van der Waals surface area contributed by atoms with Gasteiger partial charge in [0.2, 0.25) is 5.91 Å². The van der Waals surface area contributed by atoms with Crippen LogP contribution in [0.5, 0.6) is 5.75 Å². The molecule has 25 heavy (non-hydrogen) atoms. The van der Waals surface area contributed by atoms with Crippen molar-refractivity contribution in [3.63, 3.8) is 0 Å². The van der Waals surface area contributed by atoms with Crippen LogP contribution in [0.4, 0.5) is 0 Å². The first-order chi connectivity index (χ1) is 12.1. The third-order valence-electron chi connectivity index (χ3n) is 4.02. The van der Waals surface area contributed by atoms with Crippen molar-refractivity contribution in [2.45, 2.75) is 0 Å². The number of fused-ring (bicyclic) bond motifs is 1. The zero-order valence-corrected chi connectivity index (χ0v) is 13.1. The summed E-state index contributed by atoms with van der Waals surface area (Å²) in [6, 6.07) is 13.9. The molecule has 2 heterocycles. The Balaban J connectivity index is 1.80. The molecule has 122 valence electrons. The first-order valence-corrected chi connectivity index (χ1v) is 7.64. The van der Waals surface area contributed by atoms with Gasteiger partial charge >= 0.3 is 0 Å². The monoisotopic (exact) mass is 330 g/mol. The summed E-state index contributed by atoms with van der Waals surface area (Å²) < 4.78 is 1.94. The van der Waals surface area contributed by atoms with E-state index in [0.717, 1.165) is 28.2 Å². The van der Waals surface area contributed by atoms with E-state index >= 15 is 0 Å². The minimum Gasteiger partial charge on any atom is -0.508 e. The Labute approximate surface area is 143 Å². The smallest absolute Gasteiger partial charge is 0.248 e. The van der Waals surface area contributed by atoms with Crippen molar-refractivity contribution in [3.8, 4) is 28.3 Å². The zero-order valence-electron chi connectivity index (χ0n) is 13.1. The van der Waals surface area contributed by atoms with Crippen molar-refractivity contribution >= 4 is 11.6 Å². The maximum absolute atomic E-state index is 11.2. The third kappa shape index (κ3) is 2.70. The Morgan fingerprint density at radius 2 is 1.60 bits per heavy atom. The molecule has 0 atom stereocenters. The predicted molar refractivity (Wildman–Crippen MR) is 94.0 cm³/mol. The number of nitrogens with zero attached hydrogens (tertiary/aromatic N) is 3. The summed E-state index contributed by atoms with van der Waals surface area (Å²) in [6.45, 7) is 0. The van der Waals surface area contributed by atoms with Crippen LogP contribution in [0.3, 0.4) is 0 Å². The molecule has 2 aromatic carbocycles. The van der Waals surface area contributed by atoms with Gasteiger partial charge in [0.15, 0.2) is 5.65 Å². The minimum absolute atomic E-state index is 0.217. The van der Waals surface area contributed by atoms with Crippen LogP contribution in [0.15, 0.2) is 67.1 Å². The van der Waals surface area contributed by atoms with Crippen molar-refractivity contribution in [2.24, 2.45) is 5.73 Å². The summed E-state index contributed by atoms with van der Waals surface area (Å²) in [5.74, 6) is -0.242. The molecule has 0 unspecified atom stereocenters. The number of imidazole rings is 1. The Morgan fingerprint density at radius 1 is 0.920 bits per heavy atom. The quantitative estimate of drug-likeness (QED) is 0.604. The molecule has 0 aliphatic heterocycles. The Morgan fingerprint density at radius 3 is 2.28 bits per heavy atom. The van der Waals surface area contributed by atoms with Crippen molar-refractivity contribution < 1.29 is 9.90 Å². The fourth-order valence-corrected chi connectivity index (χ4v) is 2.69. The number of rotatable bonds is 3. The van der Waals surface area contributed by atoms with Crippen molar-refractivity contribution in [3.05, 3.63) is 72.7 Å². The van der Waals surface area contributed by atoms with Gasteiger partial charge < -0.3 is 10.8 Å². The topological polar surface area (TPSA) is 93.5 Å². The number of hydrogen-bond donors (Lipinski definition) is 2. The molecule has 4 aromatic rings. The third-order valence-corrected chi connectivity index (χ3v) is 4.02. The molecule has 0 spiro atoms. The SMILES string of the molecule is NC(=O)c1ccc(-c2cn3c(-c4ccc(O)cc4)cnc3cn2)cc1. The molecule has 0 saturated heterocycles. The number of primary amides is 1. The lowest BCUT2D eigenvalue weighted by Crippen LogP contribution is -2.10. The van der Waals surface area contributed by atoms with Crippen LogP contribution in [0.2, 0.25) is 0 Å². The van der Waals surface area contributed by atoms with E-state index in [1.807, 2.05) is 34.9 Å². The molecule has 6 heteroatoms. The lowest BCUT2D eigenvalue weighted by atomic mass is 10.1. The highest BCUT2D eigenvalue weighted by molar-refractivity contribution is 5.93. The van der Waals surface area contributed by atoms with E-state index in [1.54, 1.807) is 36.7 Å². The highest BCUT2D eigenvalue weighted by atomic mass is 16.3. The molecule has 0 bridgehead atoms. The summed E-state index contributed by atoms with van der Waals surface area (Å²) in [5.41, 5.74) is 9.91. The average molecular weight is 330 g/mol. The highest BCUT2D eigenvalue weighted by Gasteiger charge is 2.09. The maximum Gasteiger partial charge on any atom is 0.248 e. The van der Waals surface area contributed by atoms with Gasteiger partial charge in [0.05, 0.1) is 23.8 Å². The van der Waals surface area contributed by atoms with E-state index in [1.165, 1.54) is 0 Å². The van der Waals surface area contributed by atoms with Gasteiger partial charge in [0.25, 0.3) is 0 Å². The number of phenols is 1. The molecule has 0 radical (unpaired) electrons. The van der Waals surface area contributed by atoms with Gasteiger partial charge in [-0.3, -0.25) is 14.2 Å². The minimum atomic E-state index is -0.459. The molecule has 1 amide bonds. The molecule has 0 aliphatic rings. The second kappa shape index (κ2) is 5.76. The summed E-state index contributed by atoms with van der Waals surface area (Å²) in [4.78, 5) is 20.0. The second-order valence-electron chi connectivity index (χ2n) is 5.63. The van der Waals surface area contributed by atoms with Crippen LogP contribution in [0.25, 0.3) is 28.2 Å². The van der Waals surface area contributed by atoms with Crippen LogP contribution in [0, 0.1) is 0 Å². The maximum atomic E-state index is 11.2. The number of carbonyl (C=O) groups excluding carboxylic acids is 1. The van der Waals surface area contributed by atoms with E-state index in [2.05, 4.69) is 9.97 Å². The Hall–Kier alpha value is -3.67. The molecule has 4 rings (SSSR count). The first-order valence-electron chi connectivity index (χ1n) is 7.64. The molecule has 0 aliphatic carbocycles. The van der Waals surface area contributed by atoms with E-state index in [-0.39, 0.29) is 5.75 Å². The number of aromatic nitrogens is 3. The van der Waals surface area contributed by atoms with E-state index < -0.39 is 5.91 Å². The molecule has 0 fully saturated rings. The largest absolute Gasteiger partial charge is 0.508 e. The van der Waals surface area contributed by atoms with Gasteiger partial charge in [0, 0.05) is 22.9 Å². The number of benzene rings is 2. The van der Waals surface area contributed by atoms with Crippen molar-refractivity contribution in [1.29, 1.82) is 0 Å². The van der Waals surface area contributed by atoms with Gasteiger partial charge in [0.1, 0.15) is 5.75 Å². The number of carbonyl (C=O) groups is 1. The van der Waals surface area contributed by atoms with Crippen LogP contribution in [-0.4, -0.2) is 25.4 Å². The van der Waals surface area contributed by atoms with E-state index in [4.69, 9.17) is 5.73 Å². The van der Waals surface area contributed by atoms with Gasteiger partial charge in [-0.05, 0) is 36.4 Å². The highest BCUT2D eigenvalue weighted by Crippen LogP contribution is 2.25. The lowest BCUT2D eigenvalue weighted by Gasteiger charge is -2.06. The molecule has 3 N–H and O–H groups in total. The predicted octanol–water partition coefficient (Wildman–Crippen LogP) is 2.87. The molecular weight excluding hydrogens is 316 g/mol. The van der Waals surface area contributed by atoms with Gasteiger partial charge in [-0.15, -0.1) is 0 Å². The second-order valence-corrected chi connectivity index (χ2v) is 5.63. The Kier molecular flexibility index (Phi) is 3.43. The number of nitrogens with two attached hydrogens (primary N) is 1. The normalized spacial score (nSPS) is 10.9. The van der Waals surface area contributed by atoms with Gasteiger partial charge in [-0.25, -0.2) is 4.98 Å². The van der Waals surface area contributed by atoms with Crippen LogP contribution < -0.4 is 5.73 Å². The molecule has 0 saturated carbocycles. The van der Waals surface area contributed by atoms with Crippen LogP contribution >= 0.6 is 0 Å². The molecule has 6 nitrogen and oxygen atoms in total. The van der Waals surface area contributed by atoms with Crippen molar-refractivity contribution in [1.82, 2.24) is 14.4 Å². The van der Waals surface area contributed by atoms with E-state index in [0.29, 0.717) is 5.56 Å². The van der Waals surface area contributed by atoms with E-state index in [9.17, 15) is 9.90 Å². The van der Waals surface area contributed by atoms with Crippen molar-refractivity contribution in [2.75, 3.05) is 0 Å². The van der Waals surface area contributed by atoms with Gasteiger partial charge in [-0.2, -0.15) is 0 Å². The number of hydrogen-bond acceptors (Lipinski definition) is 4. The summed E-state index contributed by atoms with van der Waals surface area (Å²) in [7, 11) is 0. The summed E-state index contributed by atoms with van der Waals surface area (Å²) >= 11 is 0.